The highest BCUT2D eigenvalue weighted by Crippen LogP contribution is 2.23. The predicted molar refractivity (Wildman–Crippen MR) is 86.0 cm³/mol. The molecule has 1 atom stereocenters. The molecule has 0 saturated carbocycles. The van der Waals surface area contributed by atoms with Crippen molar-refractivity contribution in [3.63, 3.8) is 0 Å². The van der Waals surface area contributed by atoms with E-state index in [1.165, 1.54) is 25.1 Å². The van der Waals surface area contributed by atoms with Gasteiger partial charge in [-0.1, -0.05) is 18.2 Å². The number of carbonyl (C=O) groups excluding carboxylic acids is 1. The molecule has 5 nitrogen and oxygen atoms in total. The number of nitrogens with one attached hydrogen (secondary N) is 1. The number of carbonyl (C=O) groups is 2. The van der Waals surface area contributed by atoms with Crippen LogP contribution in [-0.4, -0.2) is 28.6 Å². The standard InChI is InChI=1S/C18H17F2NO4/c1-18(25,14-6-5-13(19)9-15(14)20)10-21-16(22)8-11-3-2-4-12(7-11)17(23)24/h2-7,9,25H,8,10H2,1H3,(H,21,22)(H,23,24). The number of aliphatic hydroxyl groups is 1. The number of rotatable bonds is 6. The normalized spacial score (nSPS) is 13.1. The van der Waals surface area contributed by atoms with E-state index in [1.54, 1.807) is 6.07 Å². The van der Waals surface area contributed by atoms with Crippen LogP contribution in [-0.2, 0) is 16.8 Å². The number of benzene rings is 2. The maximum Gasteiger partial charge on any atom is 0.335 e. The molecule has 2 aromatic rings. The van der Waals surface area contributed by atoms with Gasteiger partial charge in [0.25, 0.3) is 0 Å². The monoisotopic (exact) mass is 349 g/mol. The highest BCUT2D eigenvalue weighted by molar-refractivity contribution is 5.88. The minimum absolute atomic E-state index is 0.0608. The molecular formula is C18H17F2NO4. The van der Waals surface area contributed by atoms with Crippen LogP contribution >= 0.6 is 0 Å². The molecule has 0 aliphatic rings. The van der Waals surface area contributed by atoms with E-state index in [1.807, 2.05) is 0 Å². The zero-order valence-electron chi connectivity index (χ0n) is 13.4. The van der Waals surface area contributed by atoms with Gasteiger partial charge in [-0.25, -0.2) is 13.6 Å². The Balaban J connectivity index is 2.01. The number of aromatic carboxylic acids is 1. The summed E-state index contributed by atoms with van der Waals surface area (Å²) >= 11 is 0. The van der Waals surface area contributed by atoms with Crippen LogP contribution in [0.4, 0.5) is 8.78 Å². The van der Waals surface area contributed by atoms with Crippen LogP contribution < -0.4 is 5.32 Å². The van der Waals surface area contributed by atoms with Crippen LogP contribution in [0.3, 0.4) is 0 Å². The summed E-state index contributed by atoms with van der Waals surface area (Å²) in [4.78, 5) is 22.9. The summed E-state index contributed by atoms with van der Waals surface area (Å²) in [7, 11) is 0. The Morgan fingerprint density at radius 2 is 1.88 bits per heavy atom. The minimum Gasteiger partial charge on any atom is -0.478 e. The average Bonchev–Trinajstić information content (AvgIpc) is 2.53. The van der Waals surface area contributed by atoms with Crippen molar-refractivity contribution in [1.82, 2.24) is 5.32 Å². The van der Waals surface area contributed by atoms with Gasteiger partial charge in [-0.3, -0.25) is 4.79 Å². The van der Waals surface area contributed by atoms with Gasteiger partial charge in [-0.15, -0.1) is 0 Å². The highest BCUT2D eigenvalue weighted by atomic mass is 19.1. The van der Waals surface area contributed by atoms with Gasteiger partial charge in [0.15, 0.2) is 0 Å². The van der Waals surface area contributed by atoms with Crippen molar-refractivity contribution < 1.29 is 28.6 Å². The number of hydrogen-bond acceptors (Lipinski definition) is 3. The van der Waals surface area contributed by atoms with Crippen molar-refractivity contribution in [1.29, 1.82) is 0 Å². The first-order chi connectivity index (χ1) is 11.7. The molecule has 132 valence electrons. The largest absolute Gasteiger partial charge is 0.478 e. The number of amides is 1. The molecule has 0 fully saturated rings. The van der Waals surface area contributed by atoms with Crippen LogP contribution in [0.1, 0.15) is 28.4 Å². The van der Waals surface area contributed by atoms with E-state index in [9.17, 15) is 23.5 Å². The second kappa shape index (κ2) is 7.40. The van der Waals surface area contributed by atoms with Gasteiger partial charge in [0.2, 0.25) is 5.91 Å². The number of hydrogen-bond donors (Lipinski definition) is 3. The summed E-state index contributed by atoms with van der Waals surface area (Å²) in [5.74, 6) is -3.24. The van der Waals surface area contributed by atoms with E-state index in [0.717, 1.165) is 12.1 Å². The van der Waals surface area contributed by atoms with Crippen molar-refractivity contribution in [3.05, 3.63) is 70.8 Å². The molecule has 7 heteroatoms. The fourth-order valence-electron chi connectivity index (χ4n) is 2.35. The Kier molecular flexibility index (Phi) is 5.48. The SMILES string of the molecule is CC(O)(CNC(=O)Cc1cccc(C(=O)O)c1)c1ccc(F)cc1F. The third-order valence-electron chi connectivity index (χ3n) is 3.68. The summed E-state index contributed by atoms with van der Waals surface area (Å²) in [5, 5.41) is 21.7. The molecule has 0 aromatic heterocycles. The van der Waals surface area contributed by atoms with Crippen molar-refractivity contribution in [3.8, 4) is 0 Å². The molecule has 1 unspecified atom stereocenters. The fraction of sp³-hybridized carbons (Fsp3) is 0.222. The summed E-state index contributed by atoms with van der Waals surface area (Å²) in [6.45, 7) is 1.02. The van der Waals surface area contributed by atoms with E-state index >= 15 is 0 Å². The third-order valence-corrected chi connectivity index (χ3v) is 3.68. The molecule has 0 aliphatic carbocycles. The molecule has 2 aromatic carbocycles. The molecule has 0 aliphatic heterocycles. The lowest BCUT2D eigenvalue weighted by molar-refractivity contribution is -0.121. The number of carboxylic acids is 1. The van der Waals surface area contributed by atoms with Crippen molar-refractivity contribution >= 4 is 11.9 Å². The first-order valence-electron chi connectivity index (χ1n) is 7.46. The lowest BCUT2D eigenvalue weighted by Gasteiger charge is -2.24. The molecule has 0 heterocycles. The quantitative estimate of drug-likeness (QED) is 0.746. The summed E-state index contributed by atoms with van der Waals surface area (Å²) in [6.07, 6.45) is -0.0941. The Hall–Kier alpha value is -2.80. The van der Waals surface area contributed by atoms with Gasteiger partial charge in [0, 0.05) is 11.6 Å². The van der Waals surface area contributed by atoms with E-state index in [-0.39, 0.29) is 24.1 Å². The van der Waals surface area contributed by atoms with Crippen molar-refractivity contribution in [2.24, 2.45) is 0 Å². The lowest BCUT2D eigenvalue weighted by atomic mass is 9.95. The molecule has 1 amide bonds. The molecule has 0 spiro atoms. The van der Waals surface area contributed by atoms with E-state index < -0.39 is 29.1 Å². The van der Waals surface area contributed by atoms with Gasteiger partial charge < -0.3 is 15.5 Å². The maximum atomic E-state index is 13.8. The molecule has 0 bridgehead atoms. The average molecular weight is 349 g/mol. The van der Waals surface area contributed by atoms with Gasteiger partial charge in [0.05, 0.1) is 18.5 Å². The van der Waals surface area contributed by atoms with E-state index in [0.29, 0.717) is 11.6 Å². The number of carboxylic acid groups (broad SMARTS) is 1. The zero-order valence-corrected chi connectivity index (χ0v) is 13.4. The highest BCUT2D eigenvalue weighted by Gasteiger charge is 2.27. The van der Waals surface area contributed by atoms with Gasteiger partial charge in [-0.05, 0) is 30.7 Å². The van der Waals surface area contributed by atoms with E-state index in [2.05, 4.69) is 5.32 Å². The molecule has 0 saturated heterocycles. The Bertz CT molecular complexity index is 805. The predicted octanol–water partition coefficient (Wildman–Crippen LogP) is 2.23. The summed E-state index contributed by atoms with van der Waals surface area (Å²) in [5.41, 5.74) is -1.31. The zero-order chi connectivity index (χ0) is 18.6. The third kappa shape index (κ3) is 4.84. The molecular weight excluding hydrogens is 332 g/mol. The minimum atomic E-state index is -1.73. The summed E-state index contributed by atoms with van der Waals surface area (Å²) < 4.78 is 26.7. The molecule has 25 heavy (non-hydrogen) atoms. The number of halogens is 2. The topological polar surface area (TPSA) is 86.6 Å². The van der Waals surface area contributed by atoms with Crippen LogP contribution in [0.5, 0.6) is 0 Å². The first kappa shape index (κ1) is 18.5. The van der Waals surface area contributed by atoms with E-state index in [4.69, 9.17) is 5.11 Å². The lowest BCUT2D eigenvalue weighted by Crippen LogP contribution is -2.39. The van der Waals surface area contributed by atoms with Crippen molar-refractivity contribution in [2.75, 3.05) is 6.54 Å². The van der Waals surface area contributed by atoms with Gasteiger partial charge >= 0.3 is 5.97 Å². The maximum absolute atomic E-state index is 13.8. The van der Waals surface area contributed by atoms with Crippen LogP contribution in [0.2, 0.25) is 0 Å². The molecule has 2 rings (SSSR count). The van der Waals surface area contributed by atoms with Gasteiger partial charge in [-0.2, -0.15) is 0 Å². The Morgan fingerprint density at radius 3 is 2.52 bits per heavy atom. The second-order valence-electron chi connectivity index (χ2n) is 5.86. The van der Waals surface area contributed by atoms with Crippen LogP contribution in [0.15, 0.2) is 42.5 Å². The molecule has 0 radical (unpaired) electrons. The smallest absolute Gasteiger partial charge is 0.335 e. The first-order valence-corrected chi connectivity index (χ1v) is 7.46. The Labute approximate surface area is 142 Å². The van der Waals surface area contributed by atoms with Crippen LogP contribution in [0, 0.1) is 11.6 Å². The fourth-order valence-corrected chi connectivity index (χ4v) is 2.35. The van der Waals surface area contributed by atoms with Crippen molar-refractivity contribution in [2.45, 2.75) is 18.9 Å². The second-order valence-corrected chi connectivity index (χ2v) is 5.86. The van der Waals surface area contributed by atoms with Gasteiger partial charge in [0.1, 0.15) is 17.2 Å². The molecule has 3 N–H and O–H groups in total. The van der Waals surface area contributed by atoms with Crippen LogP contribution in [0.25, 0.3) is 0 Å². The summed E-state index contributed by atoms with van der Waals surface area (Å²) in [6, 6.07) is 8.70. The Morgan fingerprint density at radius 1 is 1.16 bits per heavy atom.